The molecule has 0 amide bonds. The Morgan fingerprint density at radius 1 is 1.38 bits per heavy atom. The molecular weight excluding hydrogens is 180 g/mol. The fourth-order valence-electron chi connectivity index (χ4n) is 0.734. The van der Waals surface area contributed by atoms with E-state index >= 15 is 0 Å². The van der Waals surface area contributed by atoms with Crippen LogP contribution in [0.3, 0.4) is 0 Å². The second-order valence-electron chi connectivity index (χ2n) is 3.03. The monoisotopic (exact) mass is 194 g/mol. The van der Waals surface area contributed by atoms with E-state index < -0.39 is 30.5 Å². The molecular formula is C7H14O6. The molecule has 0 spiro atoms. The largest absolute Gasteiger partial charge is 0.394 e. The Kier molecular flexibility index (Phi) is 4.45. The quantitative estimate of drug-likeness (QED) is 0.298. The van der Waals surface area contributed by atoms with E-state index in [-0.39, 0.29) is 6.29 Å². The number of hydrogen-bond acceptors (Lipinski definition) is 6. The lowest BCUT2D eigenvalue weighted by Gasteiger charge is -2.29. The Hall–Kier alpha value is -0.530. The Balaban J connectivity index is 4.40. The summed E-state index contributed by atoms with van der Waals surface area (Å²) in [5.74, 6) is 0. The van der Waals surface area contributed by atoms with Gasteiger partial charge in [-0.1, -0.05) is 0 Å². The van der Waals surface area contributed by atoms with Gasteiger partial charge in [-0.3, -0.25) is 0 Å². The van der Waals surface area contributed by atoms with E-state index in [4.69, 9.17) is 25.5 Å². The number of carbonyl (C=O) groups excluding carboxylic acids is 1. The molecule has 0 heterocycles. The third-order valence-electron chi connectivity index (χ3n) is 1.74. The fraction of sp³-hybridized carbons (Fsp3) is 0.857. The van der Waals surface area contributed by atoms with E-state index in [1.54, 1.807) is 0 Å². The van der Waals surface area contributed by atoms with Gasteiger partial charge in [-0.05, 0) is 6.92 Å². The van der Waals surface area contributed by atoms with Crippen molar-refractivity contribution in [2.24, 2.45) is 0 Å². The number of aldehydes is 1. The zero-order valence-corrected chi connectivity index (χ0v) is 7.16. The van der Waals surface area contributed by atoms with E-state index in [9.17, 15) is 4.79 Å². The minimum absolute atomic E-state index is 0.0466. The summed E-state index contributed by atoms with van der Waals surface area (Å²) in [6, 6.07) is 0. The number of hydrogen-bond donors (Lipinski definition) is 5. The van der Waals surface area contributed by atoms with Crippen molar-refractivity contribution in [1.82, 2.24) is 0 Å². The molecule has 0 aromatic carbocycles. The van der Waals surface area contributed by atoms with Crippen LogP contribution in [0.4, 0.5) is 0 Å². The van der Waals surface area contributed by atoms with Crippen molar-refractivity contribution in [2.45, 2.75) is 30.8 Å². The van der Waals surface area contributed by atoms with Gasteiger partial charge in [-0.25, -0.2) is 0 Å². The third-order valence-corrected chi connectivity index (χ3v) is 1.74. The second kappa shape index (κ2) is 4.64. The van der Waals surface area contributed by atoms with Crippen LogP contribution in [-0.2, 0) is 4.79 Å². The first-order valence-corrected chi connectivity index (χ1v) is 3.70. The smallest absolute Gasteiger partial charge is 0.154 e. The average Bonchev–Trinajstić information content (AvgIpc) is 2.14. The van der Waals surface area contributed by atoms with Gasteiger partial charge in [0.05, 0.1) is 6.61 Å². The minimum Gasteiger partial charge on any atom is -0.394 e. The van der Waals surface area contributed by atoms with Crippen molar-refractivity contribution in [3.05, 3.63) is 0 Å². The maximum absolute atomic E-state index is 10.2. The van der Waals surface area contributed by atoms with E-state index in [0.29, 0.717) is 0 Å². The highest BCUT2D eigenvalue weighted by molar-refractivity contribution is 5.62. The maximum atomic E-state index is 10.2. The summed E-state index contributed by atoms with van der Waals surface area (Å²) in [6.07, 6.45) is -5.16. The minimum atomic E-state index is -2.14. The van der Waals surface area contributed by atoms with Crippen molar-refractivity contribution in [1.29, 1.82) is 0 Å². The lowest BCUT2D eigenvalue weighted by Crippen LogP contribution is -2.53. The highest BCUT2D eigenvalue weighted by atomic mass is 16.4. The molecule has 78 valence electrons. The number of rotatable bonds is 5. The first-order chi connectivity index (χ1) is 5.86. The molecule has 6 nitrogen and oxygen atoms in total. The predicted molar refractivity (Wildman–Crippen MR) is 41.8 cm³/mol. The van der Waals surface area contributed by atoms with Gasteiger partial charge in [0, 0.05) is 0 Å². The lowest BCUT2D eigenvalue weighted by molar-refractivity contribution is -0.159. The molecule has 0 aliphatic heterocycles. The van der Waals surface area contributed by atoms with Crippen LogP contribution in [0.5, 0.6) is 0 Å². The molecule has 13 heavy (non-hydrogen) atoms. The molecule has 0 saturated carbocycles. The van der Waals surface area contributed by atoms with Gasteiger partial charge in [-0.2, -0.15) is 0 Å². The highest BCUT2D eigenvalue weighted by Crippen LogP contribution is 2.12. The van der Waals surface area contributed by atoms with Gasteiger partial charge in [0.25, 0.3) is 0 Å². The second-order valence-corrected chi connectivity index (χ2v) is 3.03. The summed E-state index contributed by atoms with van der Waals surface area (Å²) in [5, 5.41) is 44.6. The fourth-order valence-corrected chi connectivity index (χ4v) is 0.734. The SMILES string of the molecule is CC(O)(C=O)C(O)C(O)C(O)CO. The number of aliphatic hydroxyl groups excluding tert-OH is 4. The molecule has 4 atom stereocenters. The van der Waals surface area contributed by atoms with Crippen LogP contribution in [0.15, 0.2) is 0 Å². The molecule has 6 heteroatoms. The van der Waals surface area contributed by atoms with Crippen molar-refractivity contribution >= 4 is 6.29 Å². The third kappa shape index (κ3) is 3.02. The normalized spacial score (nSPS) is 22.9. The molecule has 0 radical (unpaired) electrons. The van der Waals surface area contributed by atoms with Crippen molar-refractivity contribution in [2.75, 3.05) is 6.61 Å². The van der Waals surface area contributed by atoms with Gasteiger partial charge >= 0.3 is 0 Å². The van der Waals surface area contributed by atoms with Gasteiger partial charge in [0.15, 0.2) is 6.29 Å². The zero-order chi connectivity index (χ0) is 10.6. The summed E-state index contributed by atoms with van der Waals surface area (Å²) in [7, 11) is 0. The first-order valence-electron chi connectivity index (χ1n) is 3.70. The summed E-state index contributed by atoms with van der Waals surface area (Å²) in [4.78, 5) is 10.2. The molecule has 0 saturated heterocycles. The predicted octanol–water partition coefficient (Wildman–Crippen LogP) is -2.99. The van der Waals surface area contributed by atoms with E-state index in [1.165, 1.54) is 0 Å². The Morgan fingerprint density at radius 3 is 2.15 bits per heavy atom. The zero-order valence-electron chi connectivity index (χ0n) is 7.16. The van der Waals surface area contributed by atoms with Crippen LogP contribution in [0.2, 0.25) is 0 Å². The van der Waals surface area contributed by atoms with Crippen LogP contribution in [0.25, 0.3) is 0 Å². The summed E-state index contributed by atoms with van der Waals surface area (Å²) < 4.78 is 0. The van der Waals surface area contributed by atoms with Crippen molar-refractivity contribution in [3.8, 4) is 0 Å². The molecule has 4 unspecified atom stereocenters. The summed E-state index contributed by atoms with van der Waals surface area (Å²) in [5.41, 5.74) is -2.14. The van der Waals surface area contributed by atoms with Gasteiger partial charge in [-0.15, -0.1) is 0 Å². The Bertz CT molecular complexity index is 168. The molecule has 0 aliphatic carbocycles. The number of aliphatic hydroxyl groups is 5. The van der Waals surface area contributed by atoms with Crippen LogP contribution in [0.1, 0.15) is 6.92 Å². The number of carbonyl (C=O) groups is 1. The lowest BCUT2D eigenvalue weighted by atomic mass is 9.93. The Morgan fingerprint density at radius 2 is 1.85 bits per heavy atom. The molecule has 0 rings (SSSR count). The Labute approximate surface area is 75.1 Å². The molecule has 0 bridgehead atoms. The average molecular weight is 194 g/mol. The van der Waals surface area contributed by atoms with Crippen LogP contribution in [0, 0.1) is 0 Å². The maximum Gasteiger partial charge on any atom is 0.154 e. The first kappa shape index (κ1) is 12.5. The van der Waals surface area contributed by atoms with Crippen LogP contribution < -0.4 is 0 Å². The standard InChI is InChI=1S/C7H14O6/c1-7(13,3-9)6(12)5(11)4(10)2-8/h3-6,8,10-13H,2H2,1H3. The molecule has 0 aromatic rings. The van der Waals surface area contributed by atoms with Gasteiger partial charge in [0.2, 0.25) is 0 Å². The molecule has 0 fully saturated rings. The van der Waals surface area contributed by atoms with Crippen molar-refractivity contribution < 1.29 is 30.3 Å². The topological polar surface area (TPSA) is 118 Å². The van der Waals surface area contributed by atoms with Gasteiger partial charge in [0.1, 0.15) is 23.9 Å². The molecule has 0 aliphatic rings. The molecule has 5 N–H and O–H groups in total. The summed E-state index contributed by atoms with van der Waals surface area (Å²) in [6.45, 7) is 0.213. The van der Waals surface area contributed by atoms with E-state index in [2.05, 4.69) is 0 Å². The van der Waals surface area contributed by atoms with Gasteiger partial charge < -0.3 is 30.3 Å². The van der Waals surface area contributed by atoms with Crippen LogP contribution in [-0.4, -0.2) is 62.3 Å². The summed E-state index contributed by atoms with van der Waals surface area (Å²) >= 11 is 0. The molecule has 0 aromatic heterocycles. The van der Waals surface area contributed by atoms with E-state index in [1.807, 2.05) is 0 Å². The van der Waals surface area contributed by atoms with Crippen molar-refractivity contribution in [3.63, 3.8) is 0 Å². The van der Waals surface area contributed by atoms with E-state index in [0.717, 1.165) is 6.92 Å². The highest BCUT2D eigenvalue weighted by Gasteiger charge is 2.38. The van der Waals surface area contributed by atoms with Crippen LogP contribution >= 0.6 is 0 Å².